The first-order chi connectivity index (χ1) is 12.9. The van der Waals surface area contributed by atoms with Gasteiger partial charge < -0.3 is 15.4 Å². The van der Waals surface area contributed by atoms with E-state index in [-0.39, 0.29) is 16.8 Å². The van der Waals surface area contributed by atoms with E-state index in [4.69, 9.17) is 10.00 Å². The van der Waals surface area contributed by atoms with Crippen LogP contribution in [-0.4, -0.2) is 30.0 Å². The molecule has 9 heteroatoms. The number of esters is 1. The van der Waals surface area contributed by atoms with E-state index in [1.807, 2.05) is 6.07 Å². The number of hydrogen-bond donors (Lipinski definition) is 2. The maximum absolute atomic E-state index is 12.4. The molecule has 0 saturated heterocycles. The smallest absolute Gasteiger partial charge is 0.341 e. The Balaban J connectivity index is 2.15. The Morgan fingerprint density at radius 1 is 1.22 bits per heavy atom. The lowest BCUT2D eigenvalue weighted by molar-refractivity contribution is -0.384. The summed E-state index contributed by atoms with van der Waals surface area (Å²) in [6.45, 7) is 1.36. The third-order valence-corrected chi connectivity index (χ3v) is 3.66. The minimum absolute atomic E-state index is 0.0659. The summed E-state index contributed by atoms with van der Waals surface area (Å²) in [5, 5.41) is 25.2. The Hall–Kier alpha value is -3.93. The zero-order valence-electron chi connectivity index (χ0n) is 14.6. The topological polar surface area (TPSA) is 134 Å². The van der Waals surface area contributed by atoms with Gasteiger partial charge in [0.05, 0.1) is 21.7 Å². The first-order valence-electron chi connectivity index (χ1n) is 7.84. The molecule has 0 spiro atoms. The van der Waals surface area contributed by atoms with Gasteiger partial charge in [-0.2, -0.15) is 5.26 Å². The van der Waals surface area contributed by atoms with Crippen molar-refractivity contribution in [1.29, 1.82) is 5.26 Å². The molecule has 0 aliphatic rings. The maximum Gasteiger partial charge on any atom is 0.341 e. The van der Waals surface area contributed by atoms with Gasteiger partial charge in [-0.1, -0.05) is 12.1 Å². The Labute approximate surface area is 154 Å². The van der Waals surface area contributed by atoms with Crippen LogP contribution >= 0.6 is 0 Å². The van der Waals surface area contributed by atoms with Gasteiger partial charge in [-0.15, -0.1) is 0 Å². The van der Waals surface area contributed by atoms with Crippen molar-refractivity contribution in [3.63, 3.8) is 0 Å². The van der Waals surface area contributed by atoms with Crippen LogP contribution in [0, 0.1) is 21.4 Å². The molecule has 0 saturated carbocycles. The van der Waals surface area contributed by atoms with Gasteiger partial charge in [-0.05, 0) is 25.1 Å². The number of carbonyl (C=O) groups is 2. The second-order valence-electron chi connectivity index (χ2n) is 5.43. The zero-order chi connectivity index (χ0) is 20.0. The lowest BCUT2D eigenvalue weighted by Crippen LogP contribution is -2.30. The number of para-hydroxylation sites is 1. The average Bonchev–Trinajstić information content (AvgIpc) is 2.67. The van der Waals surface area contributed by atoms with E-state index in [9.17, 15) is 19.7 Å². The Morgan fingerprint density at radius 3 is 2.56 bits per heavy atom. The third-order valence-electron chi connectivity index (χ3n) is 3.66. The van der Waals surface area contributed by atoms with E-state index in [2.05, 4.69) is 10.6 Å². The summed E-state index contributed by atoms with van der Waals surface area (Å²) in [6, 6.07) is 12.0. The summed E-state index contributed by atoms with van der Waals surface area (Å²) in [5.74, 6) is -1.53. The fraction of sp³-hybridized carbons (Fsp3) is 0.167. The van der Waals surface area contributed by atoms with E-state index < -0.39 is 22.9 Å². The Kier molecular flexibility index (Phi) is 6.06. The van der Waals surface area contributed by atoms with Crippen LogP contribution in [-0.2, 0) is 9.53 Å². The first kappa shape index (κ1) is 19.4. The number of ether oxygens (including phenoxy) is 1. The molecule has 0 aromatic heterocycles. The van der Waals surface area contributed by atoms with E-state index in [1.165, 1.54) is 25.1 Å². The molecule has 0 fully saturated rings. The summed E-state index contributed by atoms with van der Waals surface area (Å²) < 4.78 is 5.12. The molecular formula is C18H16N4O5. The van der Waals surface area contributed by atoms with E-state index in [1.54, 1.807) is 25.2 Å². The molecule has 0 heterocycles. The van der Waals surface area contributed by atoms with Crippen molar-refractivity contribution in [3.05, 3.63) is 63.7 Å². The SMILES string of the molecule is CNc1ccc([N+](=O)[O-])cc1C(=O)O[C@H](C)C(=O)Nc1ccccc1C#N. The number of non-ortho nitro benzene ring substituents is 1. The number of hydrogen-bond acceptors (Lipinski definition) is 7. The number of nitrogens with zero attached hydrogens (tertiary/aromatic N) is 2. The van der Waals surface area contributed by atoms with E-state index >= 15 is 0 Å². The maximum atomic E-state index is 12.4. The number of nitriles is 1. The minimum Gasteiger partial charge on any atom is -0.449 e. The summed E-state index contributed by atoms with van der Waals surface area (Å²) >= 11 is 0. The molecular weight excluding hydrogens is 352 g/mol. The Morgan fingerprint density at radius 2 is 1.93 bits per heavy atom. The van der Waals surface area contributed by atoms with Gasteiger partial charge >= 0.3 is 5.97 Å². The highest BCUT2D eigenvalue weighted by molar-refractivity contribution is 6.00. The fourth-order valence-corrected chi connectivity index (χ4v) is 2.23. The molecule has 9 nitrogen and oxygen atoms in total. The van der Waals surface area contributed by atoms with Crippen LogP contribution in [0.25, 0.3) is 0 Å². The largest absolute Gasteiger partial charge is 0.449 e. The van der Waals surface area contributed by atoms with Crippen LogP contribution in [0.1, 0.15) is 22.8 Å². The van der Waals surface area contributed by atoms with Crippen molar-refractivity contribution >= 4 is 28.9 Å². The number of benzene rings is 2. The van der Waals surface area contributed by atoms with Crippen LogP contribution < -0.4 is 10.6 Å². The van der Waals surface area contributed by atoms with Crippen molar-refractivity contribution in [2.45, 2.75) is 13.0 Å². The molecule has 1 atom stereocenters. The summed E-state index contributed by atoms with van der Waals surface area (Å²) in [5.41, 5.74) is 0.539. The molecule has 2 aromatic rings. The third kappa shape index (κ3) is 4.58. The van der Waals surface area contributed by atoms with Gasteiger partial charge in [0, 0.05) is 24.9 Å². The molecule has 0 bridgehead atoms. The van der Waals surface area contributed by atoms with Crippen molar-refractivity contribution in [3.8, 4) is 6.07 Å². The number of amides is 1. The van der Waals surface area contributed by atoms with E-state index in [0.717, 1.165) is 6.07 Å². The molecule has 2 rings (SSSR count). The summed E-state index contributed by atoms with van der Waals surface area (Å²) in [7, 11) is 1.55. The average molecular weight is 368 g/mol. The highest BCUT2D eigenvalue weighted by Gasteiger charge is 2.23. The molecule has 138 valence electrons. The monoisotopic (exact) mass is 368 g/mol. The van der Waals surface area contributed by atoms with Gasteiger partial charge in [-0.25, -0.2) is 4.79 Å². The molecule has 2 N–H and O–H groups in total. The minimum atomic E-state index is -1.19. The summed E-state index contributed by atoms with van der Waals surface area (Å²) in [6.07, 6.45) is -1.19. The number of nitrogens with one attached hydrogen (secondary N) is 2. The van der Waals surface area contributed by atoms with Crippen LogP contribution in [0.15, 0.2) is 42.5 Å². The number of carbonyl (C=O) groups excluding carboxylic acids is 2. The molecule has 0 radical (unpaired) electrons. The highest BCUT2D eigenvalue weighted by atomic mass is 16.6. The van der Waals surface area contributed by atoms with Gasteiger partial charge in [0.2, 0.25) is 0 Å². The predicted octanol–water partition coefficient (Wildman–Crippen LogP) is 2.69. The molecule has 2 aromatic carbocycles. The number of rotatable bonds is 6. The number of nitro benzene ring substituents is 1. The Bertz CT molecular complexity index is 936. The second-order valence-corrected chi connectivity index (χ2v) is 5.43. The number of nitro groups is 1. The van der Waals surface area contributed by atoms with Gasteiger partial charge in [-0.3, -0.25) is 14.9 Å². The fourth-order valence-electron chi connectivity index (χ4n) is 2.23. The molecule has 27 heavy (non-hydrogen) atoms. The summed E-state index contributed by atoms with van der Waals surface area (Å²) in [4.78, 5) is 34.9. The molecule has 1 amide bonds. The zero-order valence-corrected chi connectivity index (χ0v) is 14.6. The quantitative estimate of drug-likeness (QED) is 0.455. The molecule has 0 aliphatic heterocycles. The lowest BCUT2D eigenvalue weighted by Gasteiger charge is -2.15. The van der Waals surface area contributed by atoms with Crippen molar-refractivity contribution in [1.82, 2.24) is 0 Å². The van der Waals surface area contributed by atoms with Crippen LogP contribution in [0.5, 0.6) is 0 Å². The molecule has 0 aliphatic carbocycles. The van der Waals surface area contributed by atoms with Crippen molar-refractivity contribution in [2.75, 3.05) is 17.7 Å². The van der Waals surface area contributed by atoms with Crippen molar-refractivity contribution in [2.24, 2.45) is 0 Å². The standard InChI is InChI=1S/C18H16N4O5/c1-11(17(23)21-15-6-4-3-5-12(15)10-19)27-18(24)14-9-13(22(25)26)7-8-16(14)20-2/h3-9,11,20H,1-2H3,(H,21,23)/t11-/m1/s1. The lowest BCUT2D eigenvalue weighted by atomic mass is 10.1. The predicted molar refractivity (Wildman–Crippen MR) is 97.3 cm³/mol. The van der Waals surface area contributed by atoms with Crippen molar-refractivity contribution < 1.29 is 19.2 Å². The molecule has 0 unspecified atom stereocenters. The van der Waals surface area contributed by atoms with E-state index in [0.29, 0.717) is 11.4 Å². The normalized spacial score (nSPS) is 11.0. The highest BCUT2D eigenvalue weighted by Crippen LogP contribution is 2.23. The van der Waals surface area contributed by atoms with Gasteiger partial charge in [0.25, 0.3) is 11.6 Å². The van der Waals surface area contributed by atoms with Crippen LogP contribution in [0.4, 0.5) is 17.1 Å². The first-order valence-corrected chi connectivity index (χ1v) is 7.84. The van der Waals surface area contributed by atoms with Crippen LogP contribution in [0.2, 0.25) is 0 Å². The van der Waals surface area contributed by atoms with Gasteiger partial charge in [0.1, 0.15) is 6.07 Å². The van der Waals surface area contributed by atoms with Crippen LogP contribution in [0.3, 0.4) is 0 Å². The number of anilines is 2. The second kappa shape index (κ2) is 8.44. The van der Waals surface area contributed by atoms with Gasteiger partial charge in [0.15, 0.2) is 6.10 Å².